The van der Waals surface area contributed by atoms with E-state index >= 15 is 0 Å². The van der Waals surface area contributed by atoms with Crippen LogP contribution in [0.1, 0.15) is 20.7 Å². The van der Waals surface area contributed by atoms with Crippen LogP contribution in [-0.2, 0) is 0 Å². The Morgan fingerprint density at radius 2 is 1.88 bits per heavy atom. The van der Waals surface area contributed by atoms with E-state index in [1.165, 1.54) is 18.2 Å². The van der Waals surface area contributed by atoms with E-state index in [0.29, 0.717) is 15.7 Å². The fraction of sp³-hybridized carbons (Fsp3) is 0.0667. The minimum atomic E-state index is -0.729. The molecule has 0 unspecified atom stereocenters. The monoisotopic (exact) mass is 365 g/mol. The highest BCUT2D eigenvalue weighted by atomic mass is 35.5. The minimum Gasteiger partial charge on any atom is -0.366 e. The molecule has 0 atom stereocenters. The molecule has 0 spiro atoms. The van der Waals surface area contributed by atoms with Gasteiger partial charge in [-0.15, -0.1) is 0 Å². The summed E-state index contributed by atoms with van der Waals surface area (Å²) in [6, 6.07) is 8.65. The summed E-state index contributed by atoms with van der Waals surface area (Å²) in [6.07, 6.45) is 0. The molecule has 2 amide bonds. The lowest BCUT2D eigenvalue weighted by atomic mass is 10.1. The largest absolute Gasteiger partial charge is 0.366 e. The number of rotatable bonds is 4. The number of anilines is 1. The van der Waals surface area contributed by atoms with Crippen molar-refractivity contribution < 1.29 is 14.5 Å². The van der Waals surface area contributed by atoms with E-state index < -0.39 is 22.4 Å². The maximum absolute atomic E-state index is 12.4. The summed E-state index contributed by atoms with van der Waals surface area (Å²) in [5.41, 5.74) is -0.149. The number of hydrogen-bond donors (Lipinski definition) is 1. The number of benzene rings is 2. The molecule has 1 heterocycles. The lowest BCUT2D eigenvalue weighted by molar-refractivity contribution is -0.385. The first-order valence-corrected chi connectivity index (χ1v) is 7.48. The van der Waals surface area contributed by atoms with Crippen LogP contribution in [0.15, 0.2) is 36.4 Å². The molecule has 9 heteroatoms. The molecule has 122 valence electrons. The van der Waals surface area contributed by atoms with Crippen molar-refractivity contribution in [3.63, 3.8) is 0 Å². The van der Waals surface area contributed by atoms with Crippen molar-refractivity contribution in [2.45, 2.75) is 0 Å². The molecule has 0 aliphatic carbocycles. The standard InChI is InChI=1S/C15H9Cl2N3O4/c16-8-4-5-10(17)11(6-8)18-7-19-14(21)9-2-1-3-12(20(23)24)13(9)15(19)22/h1-6,18H,7H2. The van der Waals surface area contributed by atoms with Crippen LogP contribution in [0.4, 0.5) is 11.4 Å². The van der Waals surface area contributed by atoms with Gasteiger partial charge >= 0.3 is 0 Å². The van der Waals surface area contributed by atoms with Gasteiger partial charge in [0.05, 0.1) is 27.9 Å². The molecule has 2 aromatic carbocycles. The van der Waals surface area contributed by atoms with Crippen LogP contribution in [-0.4, -0.2) is 28.3 Å². The molecule has 2 aromatic rings. The average molecular weight is 366 g/mol. The van der Waals surface area contributed by atoms with Crippen LogP contribution < -0.4 is 5.32 Å². The number of carbonyl (C=O) groups excluding carboxylic acids is 2. The van der Waals surface area contributed by atoms with E-state index in [9.17, 15) is 19.7 Å². The van der Waals surface area contributed by atoms with Crippen LogP contribution in [0.25, 0.3) is 0 Å². The van der Waals surface area contributed by atoms with Gasteiger partial charge in [-0.25, -0.2) is 0 Å². The molecule has 0 saturated carbocycles. The van der Waals surface area contributed by atoms with E-state index in [4.69, 9.17) is 23.2 Å². The molecular formula is C15H9Cl2N3O4. The summed E-state index contributed by atoms with van der Waals surface area (Å²) < 4.78 is 0. The van der Waals surface area contributed by atoms with Gasteiger partial charge in [-0.3, -0.25) is 24.6 Å². The van der Waals surface area contributed by atoms with Gasteiger partial charge in [-0.2, -0.15) is 0 Å². The van der Waals surface area contributed by atoms with E-state index in [0.717, 1.165) is 4.90 Å². The number of nitro groups is 1. The van der Waals surface area contributed by atoms with Gasteiger partial charge in [0.25, 0.3) is 17.5 Å². The third kappa shape index (κ3) is 2.68. The number of halogens is 2. The number of carbonyl (C=O) groups is 2. The molecule has 0 fully saturated rings. The van der Waals surface area contributed by atoms with Crippen LogP contribution in [0, 0.1) is 10.1 Å². The predicted octanol–water partition coefficient (Wildman–Crippen LogP) is 3.57. The second-order valence-electron chi connectivity index (χ2n) is 4.95. The Balaban J connectivity index is 1.88. The summed E-state index contributed by atoms with van der Waals surface area (Å²) in [5, 5.41) is 14.7. The third-order valence-corrected chi connectivity index (χ3v) is 4.09. The van der Waals surface area contributed by atoms with Crippen molar-refractivity contribution in [3.05, 3.63) is 67.7 Å². The van der Waals surface area contributed by atoms with Crippen molar-refractivity contribution in [1.29, 1.82) is 0 Å². The number of nitrogens with zero attached hydrogens (tertiary/aromatic N) is 2. The Hall–Kier alpha value is -2.64. The maximum atomic E-state index is 12.4. The zero-order valence-corrected chi connectivity index (χ0v) is 13.5. The number of hydrogen-bond acceptors (Lipinski definition) is 5. The zero-order valence-electron chi connectivity index (χ0n) is 12.0. The van der Waals surface area contributed by atoms with E-state index in [2.05, 4.69) is 5.32 Å². The minimum absolute atomic E-state index is 0.00758. The SMILES string of the molecule is O=C1c2cccc([N+](=O)[O-])c2C(=O)N1CNc1cc(Cl)ccc1Cl. The van der Waals surface area contributed by atoms with Gasteiger partial charge in [0.15, 0.2) is 0 Å². The van der Waals surface area contributed by atoms with E-state index in [1.54, 1.807) is 18.2 Å². The number of nitrogens with one attached hydrogen (secondary N) is 1. The quantitative estimate of drug-likeness (QED) is 0.507. The molecule has 3 rings (SSSR count). The second kappa shape index (κ2) is 6.10. The van der Waals surface area contributed by atoms with Crippen molar-refractivity contribution in [2.75, 3.05) is 12.0 Å². The summed E-state index contributed by atoms with van der Waals surface area (Å²) >= 11 is 11.9. The van der Waals surface area contributed by atoms with Crippen molar-refractivity contribution in [1.82, 2.24) is 4.90 Å². The highest BCUT2D eigenvalue weighted by Crippen LogP contribution is 2.31. The van der Waals surface area contributed by atoms with Gasteiger partial charge < -0.3 is 5.32 Å². The topological polar surface area (TPSA) is 92.5 Å². The molecule has 1 aliphatic heterocycles. The third-order valence-electron chi connectivity index (χ3n) is 3.53. The van der Waals surface area contributed by atoms with Crippen LogP contribution in [0.3, 0.4) is 0 Å². The van der Waals surface area contributed by atoms with Crippen molar-refractivity contribution >= 4 is 46.4 Å². The van der Waals surface area contributed by atoms with Crippen LogP contribution in [0.5, 0.6) is 0 Å². The molecule has 1 N–H and O–H groups in total. The van der Waals surface area contributed by atoms with Crippen molar-refractivity contribution in [3.8, 4) is 0 Å². The fourth-order valence-corrected chi connectivity index (χ4v) is 2.77. The molecule has 24 heavy (non-hydrogen) atoms. The normalized spacial score (nSPS) is 13.2. The highest BCUT2D eigenvalue weighted by molar-refractivity contribution is 6.35. The number of fused-ring (bicyclic) bond motifs is 1. The fourth-order valence-electron chi connectivity index (χ4n) is 2.41. The van der Waals surface area contributed by atoms with Gasteiger partial charge in [-0.05, 0) is 24.3 Å². The Morgan fingerprint density at radius 3 is 2.58 bits per heavy atom. The molecule has 0 radical (unpaired) electrons. The zero-order chi connectivity index (χ0) is 17.4. The number of nitro benzene ring substituents is 1. The molecule has 0 bridgehead atoms. The van der Waals surface area contributed by atoms with Gasteiger partial charge in [0, 0.05) is 11.1 Å². The van der Waals surface area contributed by atoms with Gasteiger partial charge in [0.1, 0.15) is 5.56 Å². The lowest BCUT2D eigenvalue weighted by Gasteiger charge is -2.16. The molecule has 1 aliphatic rings. The Kier molecular flexibility index (Phi) is 4.13. The second-order valence-corrected chi connectivity index (χ2v) is 5.80. The predicted molar refractivity (Wildman–Crippen MR) is 88.5 cm³/mol. The number of amides is 2. The van der Waals surface area contributed by atoms with Gasteiger partial charge in [-0.1, -0.05) is 29.3 Å². The lowest BCUT2D eigenvalue weighted by Crippen LogP contribution is -2.34. The maximum Gasteiger partial charge on any atom is 0.282 e. The first-order valence-electron chi connectivity index (χ1n) is 6.72. The van der Waals surface area contributed by atoms with Crippen molar-refractivity contribution in [2.24, 2.45) is 0 Å². The summed E-state index contributed by atoms with van der Waals surface area (Å²) in [5.74, 6) is -1.34. The first kappa shape index (κ1) is 16.2. The Morgan fingerprint density at radius 1 is 1.12 bits per heavy atom. The average Bonchev–Trinajstić information content (AvgIpc) is 2.80. The van der Waals surface area contributed by atoms with E-state index in [1.807, 2.05) is 0 Å². The number of imide groups is 1. The smallest absolute Gasteiger partial charge is 0.282 e. The van der Waals surface area contributed by atoms with Gasteiger partial charge in [0.2, 0.25) is 0 Å². The molecule has 0 aromatic heterocycles. The summed E-state index contributed by atoms with van der Waals surface area (Å²) in [6.45, 7) is -0.191. The first-order chi connectivity index (χ1) is 11.4. The van der Waals surface area contributed by atoms with Crippen LogP contribution in [0.2, 0.25) is 10.0 Å². The molecular weight excluding hydrogens is 357 g/mol. The molecule has 0 saturated heterocycles. The Bertz CT molecular complexity index is 885. The van der Waals surface area contributed by atoms with Crippen LogP contribution >= 0.6 is 23.2 Å². The Labute approximate surface area is 145 Å². The van der Waals surface area contributed by atoms with E-state index in [-0.39, 0.29) is 17.8 Å². The summed E-state index contributed by atoms with van der Waals surface area (Å²) in [4.78, 5) is 36.0. The summed E-state index contributed by atoms with van der Waals surface area (Å²) in [7, 11) is 0. The highest BCUT2D eigenvalue weighted by Gasteiger charge is 2.40. The molecule has 7 nitrogen and oxygen atoms in total.